The summed E-state index contributed by atoms with van der Waals surface area (Å²) < 4.78 is 5.55. The van der Waals surface area contributed by atoms with E-state index in [4.69, 9.17) is 4.74 Å². The number of esters is 1. The Balaban J connectivity index is 1.31. The van der Waals surface area contributed by atoms with Crippen LogP contribution in [0.1, 0.15) is 57.1 Å². The SMILES string of the molecule is C/C=C1\NC(CC(O)C2CCC(C(=O)OCc3ccccc3)CC2)C(c2ccccc2)=C1C. The van der Waals surface area contributed by atoms with Crippen molar-refractivity contribution in [2.45, 2.75) is 64.7 Å². The van der Waals surface area contributed by atoms with Crippen LogP contribution in [0.2, 0.25) is 0 Å². The van der Waals surface area contributed by atoms with E-state index in [-0.39, 0.29) is 23.8 Å². The normalized spacial score (nSPS) is 25.1. The predicted octanol–water partition coefficient (Wildman–Crippen LogP) is 5.64. The third kappa shape index (κ3) is 5.56. The van der Waals surface area contributed by atoms with Crippen LogP contribution in [0.3, 0.4) is 0 Å². The summed E-state index contributed by atoms with van der Waals surface area (Å²) in [6.45, 7) is 4.53. The Bertz CT molecular complexity index is 988. The summed E-state index contributed by atoms with van der Waals surface area (Å²) >= 11 is 0. The minimum absolute atomic E-state index is 0.0570. The Labute approximate surface area is 197 Å². The molecular formula is C29H35NO3. The average Bonchev–Trinajstić information content (AvgIpc) is 3.18. The van der Waals surface area contributed by atoms with E-state index >= 15 is 0 Å². The van der Waals surface area contributed by atoms with E-state index in [9.17, 15) is 9.90 Å². The van der Waals surface area contributed by atoms with Gasteiger partial charge in [0.25, 0.3) is 0 Å². The molecule has 33 heavy (non-hydrogen) atoms. The van der Waals surface area contributed by atoms with Crippen LogP contribution in [0.4, 0.5) is 0 Å². The second-order valence-corrected chi connectivity index (χ2v) is 9.31. The molecular weight excluding hydrogens is 410 g/mol. The van der Waals surface area contributed by atoms with E-state index in [2.05, 4.69) is 42.6 Å². The Morgan fingerprint density at radius 1 is 1.06 bits per heavy atom. The van der Waals surface area contributed by atoms with Crippen molar-refractivity contribution in [3.8, 4) is 0 Å². The van der Waals surface area contributed by atoms with Gasteiger partial charge in [-0.1, -0.05) is 66.7 Å². The summed E-state index contributed by atoms with van der Waals surface area (Å²) in [5.74, 6) is 0.0577. The molecule has 2 aliphatic rings. The van der Waals surface area contributed by atoms with Gasteiger partial charge in [-0.2, -0.15) is 0 Å². The van der Waals surface area contributed by atoms with Crippen molar-refractivity contribution in [2.24, 2.45) is 11.8 Å². The van der Waals surface area contributed by atoms with Gasteiger partial charge in [-0.15, -0.1) is 0 Å². The Kier molecular flexibility index (Phi) is 7.66. The fraction of sp³-hybridized carbons (Fsp3) is 0.414. The van der Waals surface area contributed by atoms with Crippen LogP contribution in [-0.4, -0.2) is 23.2 Å². The highest BCUT2D eigenvalue weighted by Gasteiger charge is 2.34. The van der Waals surface area contributed by atoms with E-state index in [1.54, 1.807) is 0 Å². The first-order chi connectivity index (χ1) is 16.1. The van der Waals surface area contributed by atoms with E-state index in [0.29, 0.717) is 13.0 Å². The van der Waals surface area contributed by atoms with Crippen molar-refractivity contribution >= 4 is 11.5 Å². The maximum absolute atomic E-state index is 12.5. The third-order valence-electron chi connectivity index (χ3n) is 7.21. The molecule has 2 N–H and O–H groups in total. The number of allylic oxidation sites excluding steroid dienone is 2. The van der Waals surface area contributed by atoms with Crippen molar-refractivity contribution in [1.82, 2.24) is 5.32 Å². The van der Waals surface area contributed by atoms with Crippen LogP contribution in [0.5, 0.6) is 0 Å². The molecule has 1 heterocycles. The number of carbonyl (C=O) groups is 1. The van der Waals surface area contributed by atoms with Crippen molar-refractivity contribution in [1.29, 1.82) is 0 Å². The first-order valence-electron chi connectivity index (χ1n) is 12.1. The molecule has 0 amide bonds. The highest BCUT2D eigenvalue weighted by molar-refractivity contribution is 5.79. The van der Waals surface area contributed by atoms with Gasteiger partial charge in [-0.3, -0.25) is 4.79 Å². The lowest BCUT2D eigenvalue weighted by Gasteiger charge is -2.32. The largest absolute Gasteiger partial charge is 0.461 e. The number of nitrogens with one attached hydrogen (secondary N) is 1. The van der Waals surface area contributed by atoms with Crippen LogP contribution in [-0.2, 0) is 16.1 Å². The molecule has 0 spiro atoms. The molecule has 1 aliphatic heterocycles. The second kappa shape index (κ2) is 10.8. The van der Waals surface area contributed by atoms with Gasteiger partial charge in [0, 0.05) is 5.70 Å². The van der Waals surface area contributed by atoms with Crippen LogP contribution >= 0.6 is 0 Å². The smallest absolute Gasteiger partial charge is 0.309 e. The molecule has 2 unspecified atom stereocenters. The number of hydrogen-bond acceptors (Lipinski definition) is 4. The van der Waals surface area contributed by atoms with Gasteiger partial charge in [0.1, 0.15) is 6.61 Å². The number of aliphatic hydroxyl groups excluding tert-OH is 1. The summed E-state index contributed by atoms with van der Waals surface area (Å²) in [6, 6.07) is 20.3. The van der Waals surface area contributed by atoms with Crippen molar-refractivity contribution in [3.05, 3.63) is 89.1 Å². The standard InChI is InChI=1S/C29H35NO3/c1-3-25-20(2)28(23-12-8-5-9-13-23)26(30-25)18-27(31)22-14-16-24(17-15-22)29(32)33-19-21-10-6-4-7-11-21/h3-13,22,24,26-27,30-31H,14-19H2,1-2H3/b25-3-. The molecule has 1 aliphatic carbocycles. The fourth-order valence-electron chi connectivity index (χ4n) is 5.31. The van der Waals surface area contributed by atoms with E-state index in [1.807, 2.05) is 43.3 Å². The van der Waals surface area contributed by atoms with Crippen LogP contribution in [0.15, 0.2) is 78.0 Å². The second-order valence-electron chi connectivity index (χ2n) is 9.31. The van der Waals surface area contributed by atoms with E-state index in [0.717, 1.165) is 36.9 Å². The molecule has 1 saturated carbocycles. The maximum Gasteiger partial charge on any atom is 0.309 e. The lowest BCUT2D eigenvalue weighted by atomic mass is 9.77. The van der Waals surface area contributed by atoms with Gasteiger partial charge < -0.3 is 15.2 Å². The molecule has 1 fully saturated rings. The number of benzene rings is 2. The predicted molar refractivity (Wildman–Crippen MR) is 132 cm³/mol. The molecule has 2 atom stereocenters. The third-order valence-corrected chi connectivity index (χ3v) is 7.21. The van der Waals surface area contributed by atoms with Gasteiger partial charge in [0.2, 0.25) is 0 Å². The fourth-order valence-corrected chi connectivity index (χ4v) is 5.31. The first kappa shape index (κ1) is 23.3. The van der Waals surface area contributed by atoms with E-state index in [1.165, 1.54) is 16.7 Å². The minimum atomic E-state index is -0.397. The van der Waals surface area contributed by atoms with Gasteiger partial charge in [0.05, 0.1) is 18.1 Å². The molecule has 2 aromatic carbocycles. The molecule has 0 aromatic heterocycles. The topological polar surface area (TPSA) is 58.6 Å². The number of carbonyl (C=O) groups excluding carboxylic acids is 1. The zero-order valence-electron chi connectivity index (χ0n) is 19.7. The molecule has 0 radical (unpaired) electrons. The lowest BCUT2D eigenvalue weighted by Crippen LogP contribution is -2.35. The van der Waals surface area contributed by atoms with Crippen LogP contribution in [0, 0.1) is 11.8 Å². The zero-order valence-corrected chi connectivity index (χ0v) is 19.7. The Morgan fingerprint density at radius 2 is 1.70 bits per heavy atom. The quantitative estimate of drug-likeness (QED) is 0.542. The summed E-state index contributed by atoms with van der Waals surface area (Å²) in [4.78, 5) is 12.5. The number of rotatable bonds is 7. The average molecular weight is 446 g/mol. The molecule has 4 nitrogen and oxygen atoms in total. The Hall–Kier alpha value is -2.85. The van der Waals surface area contributed by atoms with Gasteiger partial charge in [-0.25, -0.2) is 0 Å². The van der Waals surface area contributed by atoms with Crippen molar-refractivity contribution in [3.63, 3.8) is 0 Å². The first-order valence-corrected chi connectivity index (χ1v) is 12.1. The molecule has 0 bridgehead atoms. The Morgan fingerprint density at radius 3 is 2.33 bits per heavy atom. The molecule has 2 aromatic rings. The highest BCUT2D eigenvalue weighted by Crippen LogP contribution is 2.38. The molecule has 4 heteroatoms. The maximum atomic E-state index is 12.5. The molecule has 0 saturated heterocycles. The van der Waals surface area contributed by atoms with Gasteiger partial charge >= 0.3 is 5.97 Å². The summed E-state index contributed by atoms with van der Waals surface area (Å²) in [6.07, 6.45) is 5.68. The number of hydrogen-bond donors (Lipinski definition) is 2. The number of aliphatic hydroxyl groups is 1. The van der Waals surface area contributed by atoms with Gasteiger partial charge in [0.15, 0.2) is 0 Å². The minimum Gasteiger partial charge on any atom is -0.461 e. The van der Waals surface area contributed by atoms with Crippen LogP contribution < -0.4 is 5.32 Å². The highest BCUT2D eigenvalue weighted by atomic mass is 16.5. The molecule has 174 valence electrons. The monoisotopic (exact) mass is 445 g/mol. The van der Waals surface area contributed by atoms with Crippen molar-refractivity contribution in [2.75, 3.05) is 0 Å². The lowest BCUT2D eigenvalue weighted by molar-refractivity contribution is -0.151. The summed E-state index contributed by atoms with van der Waals surface area (Å²) in [5.41, 5.74) is 5.90. The molecule has 4 rings (SSSR count). The number of ether oxygens (including phenoxy) is 1. The van der Waals surface area contributed by atoms with Gasteiger partial charge in [-0.05, 0) is 74.1 Å². The summed E-state index contributed by atoms with van der Waals surface area (Å²) in [5, 5.41) is 14.7. The summed E-state index contributed by atoms with van der Waals surface area (Å²) in [7, 11) is 0. The van der Waals surface area contributed by atoms with Crippen molar-refractivity contribution < 1.29 is 14.6 Å². The van der Waals surface area contributed by atoms with Crippen LogP contribution in [0.25, 0.3) is 5.57 Å². The van der Waals surface area contributed by atoms with E-state index < -0.39 is 6.10 Å². The zero-order chi connectivity index (χ0) is 23.2.